The Kier molecular flexibility index (Phi) is 5.99. The van der Waals surface area contributed by atoms with Gasteiger partial charge in [-0.15, -0.1) is 0 Å². The molecule has 8 heteroatoms. The normalized spacial score (nSPS) is 10.7. The number of nitrogens with zero attached hydrogens (tertiary/aromatic N) is 3. The molecule has 4 rings (SSSR count). The molecule has 1 amide bonds. The smallest absolute Gasteiger partial charge is 0.345 e. The van der Waals surface area contributed by atoms with Gasteiger partial charge in [0.25, 0.3) is 5.91 Å². The Morgan fingerprint density at radius 1 is 1.00 bits per heavy atom. The third kappa shape index (κ3) is 4.64. The van der Waals surface area contributed by atoms with Crippen molar-refractivity contribution in [3.8, 4) is 17.2 Å². The molecule has 2 aromatic carbocycles. The van der Waals surface area contributed by atoms with Crippen LogP contribution in [-0.2, 0) is 7.05 Å². The molecule has 0 spiro atoms. The number of carbonyl (C=O) groups excluding carboxylic acids is 2. The molecule has 0 saturated carbocycles. The lowest BCUT2D eigenvalue weighted by Crippen LogP contribution is -2.12. The van der Waals surface area contributed by atoms with Gasteiger partial charge in [-0.2, -0.15) is 5.10 Å². The SMILES string of the molecule is COc1cccc(-n2c(C)cc(C(=O)Oc3ccc(NC(=O)c4cnn(C)c4)cc3)c2C)c1. The number of hydrogen-bond acceptors (Lipinski definition) is 5. The monoisotopic (exact) mass is 444 g/mol. The van der Waals surface area contributed by atoms with Gasteiger partial charge in [-0.3, -0.25) is 9.48 Å². The van der Waals surface area contributed by atoms with E-state index in [1.807, 2.05) is 42.7 Å². The Balaban J connectivity index is 1.48. The van der Waals surface area contributed by atoms with Crippen molar-refractivity contribution in [3.63, 3.8) is 0 Å². The highest BCUT2D eigenvalue weighted by molar-refractivity contribution is 6.04. The Labute approximate surface area is 191 Å². The molecule has 0 aliphatic rings. The average Bonchev–Trinajstić information content (AvgIpc) is 3.37. The van der Waals surface area contributed by atoms with E-state index in [0.29, 0.717) is 22.6 Å². The Morgan fingerprint density at radius 2 is 1.76 bits per heavy atom. The highest BCUT2D eigenvalue weighted by Crippen LogP contribution is 2.25. The maximum atomic E-state index is 12.9. The summed E-state index contributed by atoms with van der Waals surface area (Å²) in [6, 6.07) is 16.1. The van der Waals surface area contributed by atoms with Gasteiger partial charge in [0.15, 0.2) is 0 Å². The number of ether oxygens (including phenoxy) is 2. The minimum Gasteiger partial charge on any atom is -0.497 e. The second kappa shape index (κ2) is 9.04. The van der Waals surface area contributed by atoms with Crippen molar-refractivity contribution in [1.29, 1.82) is 0 Å². The number of rotatable bonds is 6. The van der Waals surface area contributed by atoms with Gasteiger partial charge < -0.3 is 19.4 Å². The van der Waals surface area contributed by atoms with Crippen molar-refractivity contribution in [1.82, 2.24) is 14.3 Å². The highest BCUT2D eigenvalue weighted by Gasteiger charge is 2.19. The van der Waals surface area contributed by atoms with Crippen molar-refractivity contribution in [2.24, 2.45) is 7.05 Å². The number of amides is 1. The molecule has 33 heavy (non-hydrogen) atoms. The number of carbonyl (C=O) groups is 2. The number of anilines is 1. The van der Waals surface area contributed by atoms with Crippen molar-refractivity contribution in [3.05, 3.63) is 89.5 Å². The molecule has 0 unspecified atom stereocenters. The number of aromatic nitrogens is 3. The Bertz CT molecular complexity index is 1320. The molecule has 1 N–H and O–H groups in total. The van der Waals surface area contributed by atoms with Crippen LogP contribution in [0.4, 0.5) is 5.69 Å². The molecule has 0 fully saturated rings. The topological polar surface area (TPSA) is 87.4 Å². The van der Waals surface area contributed by atoms with Crippen LogP contribution in [0, 0.1) is 13.8 Å². The summed E-state index contributed by atoms with van der Waals surface area (Å²) in [6.07, 6.45) is 3.13. The van der Waals surface area contributed by atoms with Gasteiger partial charge in [0.05, 0.1) is 24.4 Å². The van der Waals surface area contributed by atoms with E-state index < -0.39 is 5.97 Å². The van der Waals surface area contributed by atoms with Crippen molar-refractivity contribution >= 4 is 17.6 Å². The zero-order valence-corrected chi connectivity index (χ0v) is 18.8. The van der Waals surface area contributed by atoms with Gasteiger partial charge in [-0.1, -0.05) is 6.07 Å². The first-order valence-corrected chi connectivity index (χ1v) is 10.3. The number of methoxy groups -OCH3 is 1. The number of nitrogens with one attached hydrogen (secondary N) is 1. The third-order valence-corrected chi connectivity index (χ3v) is 5.25. The standard InChI is InChI=1S/C25H24N4O4/c1-16-12-23(17(2)29(16)20-6-5-7-22(13-20)32-4)25(31)33-21-10-8-19(9-11-21)27-24(30)18-14-26-28(3)15-18/h5-15H,1-4H3,(H,27,30). The van der Waals surface area contributed by atoms with Crippen LogP contribution in [0.25, 0.3) is 5.69 Å². The molecule has 0 radical (unpaired) electrons. The molecule has 2 heterocycles. The van der Waals surface area contributed by atoms with E-state index in [-0.39, 0.29) is 5.91 Å². The lowest BCUT2D eigenvalue weighted by atomic mass is 10.2. The minimum atomic E-state index is -0.454. The molecule has 2 aromatic heterocycles. The highest BCUT2D eigenvalue weighted by atomic mass is 16.5. The van der Waals surface area contributed by atoms with Gasteiger partial charge in [0.1, 0.15) is 11.5 Å². The summed E-state index contributed by atoms with van der Waals surface area (Å²) in [6.45, 7) is 3.81. The van der Waals surface area contributed by atoms with E-state index in [9.17, 15) is 9.59 Å². The molecule has 0 aliphatic heterocycles. The lowest BCUT2D eigenvalue weighted by Gasteiger charge is -2.11. The second-order valence-corrected chi connectivity index (χ2v) is 7.59. The fraction of sp³-hybridized carbons (Fsp3) is 0.160. The summed E-state index contributed by atoms with van der Waals surface area (Å²) >= 11 is 0. The van der Waals surface area contributed by atoms with E-state index in [1.165, 1.54) is 6.20 Å². The van der Waals surface area contributed by atoms with Gasteiger partial charge in [-0.05, 0) is 56.3 Å². The summed E-state index contributed by atoms with van der Waals surface area (Å²) in [5.41, 5.74) is 4.09. The summed E-state index contributed by atoms with van der Waals surface area (Å²) in [7, 11) is 3.36. The zero-order chi connectivity index (χ0) is 23.5. The summed E-state index contributed by atoms with van der Waals surface area (Å²) in [5.74, 6) is 0.396. The fourth-order valence-corrected chi connectivity index (χ4v) is 3.63. The Hall–Kier alpha value is -4.33. The first-order valence-electron chi connectivity index (χ1n) is 10.3. The summed E-state index contributed by atoms with van der Waals surface area (Å²) < 4.78 is 14.4. The molecule has 0 saturated heterocycles. The molecular weight excluding hydrogens is 420 g/mol. The van der Waals surface area contributed by atoms with E-state index in [2.05, 4.69) is 10.4 Å². The fourth-order valence-electron chi connectivity index (χ4n) is 3.63. The van der Waals surface area contributed by atoms with Crippen LogP contribution in [-0.4, -0.2) is 33.3 Å². The predicted molar refractivity (Wildman–Crippen MR) is 124 cm³/mol. The molecule has 4 aromatic rings. The number of esters is 1. The quantitative estimate of drug-likeness (QED) is 0.354. The molecule has 0 atom stereocenters. The van der Waals surface area contributed by atoms with E-state index >= 15 is 0 Å². The van der Waals surface area contributed by atoms with Crippen LogP contribution in [0.3, 0.4) is 0 Å². The van der Waals surface area contributed by atoms with Crippen molar-refractivity contribution < 1.29 is 19.1 Å². The number of benzene rings is 2. The molecule has 0 bridgehead atoms. The molecule has 0 aliphatic carbocycles. The van der Waals surface area contributed by atoms with E-state index in [0.717, 1.165) is 22.8 Å². The van der Waals surface area contributed by atoms with Gasteiger partial charge in [0.2, 0.25) is 0 Å². The first kappa shape index (κ1) is 21.9. The predicted octanol–water partition coefficient (Wildman–Crippen LogP) is 4.31. The molecule has 8 nitrogen and oxygen atoms in total. The van der Waals surface area contributed by atoms with Gasteiger partial charge >= 0.3 is 5.97 Å². The number of aryl methyl sites for hydroxylation is 2. The average molecular weight is 444 g/mol. The largest absolute Gasteiger partial charge is 0.497 e. The number of hydrogen-bond donors (Lipinski definition) is 1. The maximum Gasteiger partial charge on any atom is 0.345 e. The van der Waals surface area contributed by atoms with Gasteiger partial charge in [0, 0.05) is 42.1 Å². The van der Waals surface area contributed by atoms with Crippen LogP contribution < -0.4 is 14.8 Å². The molecule has 168 valence electrons. The van der Waals surface area contributed by atoms with Crippen molar-refractivity contribution in [2.45, 2.75) is 13.8 Å². The first-order chi connectivity index (χ1) is 15.9. The third-order valence-electron chi connectivity index (χ3n) is 5.25. The second-order valence-electron chi connectivity index (χ2n) is 7.59. The summed E-state index contributed by atoms with van der Waals surface area (Å²) in [4.78, 5) is 25.1. The van der Waals surface area contributed by atoms with Crippen LogP contribution in [0.1, 0.15) is 32.1 Å². The van der Waals surface area contributed by atoms with E-state index in [4.69, 9.17) is 9.47 Å². The lowest BCUT2D eigenvalue weighted by molar-refractivity contribution is 0.0733. The van der Waals surface area contributed by atoms with Crippen LogP contribution >= 0.6 is 0 Å². The molecular formula is C25H24N4O4. The Morgan fingerprint density at radius 3 is 2.42 bits per heavy atom. The minimum absolute atomic E-state index is 0.266. The zero-order valence-electron chi connectivity index (χ0n) is 18.8. The van der Waals surface area contributed by atoms with Crippen LogP contribution in [0.15, 0.2) is 67.0 Å². The van der Waals surface area contributed by atoms with Crippen LogP contribution in [0.5, 0.6) is 11.5 Å². The van der Waals surface area contributed by atoms with Crippen LogP contribution in [0.2, 0.25) is 0 Å². The van der Waals surface area contributed by atoms with Gasteiger partial charge in [-0.25, -0.2) is 4.79 Å². The van der Waals surface area contributed by atoms with E-state index in [1.54, 1.807) is 55.4 Å². The summed E-state index contributed by atoms with van der Waals surface area (Å²) in [5, 5.41) is 6.77. The van der Waals surface area contributed by atoms with Crippen molar-refractivity contribution in [2.75, 3.05) is 12.4 Å². The maximum absolute atomic E-state index is 12.9.